The summed E-state index contributed by atoms with van der Waals surface area (Å²) in [7, 11) is 0. The van der Waals surface area contributed by atoms with Crippen LogP contribution in [-0.2, 0) is 11.3 Å². The van der Waals surface area contributed by atoms with Crippen LogP contribution in [0.15, 0.2) is 53.3 Å². The molecule has 5 heteroatoms. The first-order chi connectivity index (χ1) is 10.7. The second-order valence-corrected chi connectivity index (χ2v) is 5.22. The van der Waals surface area contributed by atoms with Crippen LogP contribution in [0.25, 0.3) is 0 Å². The Hall–Kier alpha value is -2.32. The SMILES string of the molecule is O=C(NCCC#Cc1ccnc(Br)c1)OCc1ccccc1. The van der Waals surface area contributed by atoms with E-state index >= 15 is 0 Å². The predicted molar refractivity (Wildman–Crippen MR) is 88.1 cm³/mol. The molecule has 2 aromatic rings. The fraction of sp³-hybridized carbons (Fsp3) is 0.176. The monoisotopic (exact) mass is 358 g/mol. The van der Waals surface area contributed by atoms with Gasteiger partial charge in [0, 0.05) is 24.7 Å². The van der Waals surface area contributed by atoms with Crippen LogP contribution in [0.3, 0.4) is 0 Å². The molecule has 1 amide bonds. The number of alkyl carbamates (subject to hydrolysis) is 1. The zero-order chi connectivity index (χ0) is 15.6. The van der Waals surface area contributed by atoms with Crippen molar-refractivity contribution in [3.63, 3.8) is 0 Å². The number of nitrogens with zero attached hydrogens (tertiary/aromatic N) is 1. The molecule has 1 aromatic carbocycles. The van der Waals surface area contributed by atoms with E-state index in [2.05, 4.69) is 38.1 Å². The number of aromatic nitrogens is 1. The van der Waals surface area contributed by atoms with Crippen molar-refractivity contribution in [2.45, 2.75) is 13.0 Å². The number of hydrogen-bond donors (Lipinski definition) is 1. The van der Waals surface area contributed by atoms with E-state index in [9.17, 15) is 4.79 Å². The molecule has 1 aromatic heterocycles. The average Bonchev–Trinajstić information content (AvgIpc) is 2.54. The number of hydrogen-bond acceptors (Lipinski definition) is 3. The zero-order valence-corrected chi connectivity index (χ0v) is 13.5. The Morgan fingerprint density at radius 1 is 1.27 bits per heavy atom. The van der Waals surface area contributed by atoms with Crippen molar-refractivity contribution in [3.05, 3.63) is 64.4 Å². The maximum atomic E-state index is 11.5. The van der Waals surface area contributed by atoms with E-state index < -0.39 is 6.09 Å². The quantitative estimate of drug-likeness (QED) is 0.516. The highest BCUT2D eigenvalue weighted by molar-refractivity contribution is 9.10. The Morgan fingerprint density at radius 3 is 2.86 bits per heavy atom. The molecule has 0 bridgehead atoms. The molecule has 0 saturated carbocycles. The maximum Gasteiger partial charge on any atom is 0.407 e. The number of benzene rings is 1. The highest BCUT2D eigenvalue weighted by Gasteiger charge is 2.00. The molecule has 0 atom stereocenters. The summed E-state index contributed by atoms with van der Waals surface area (Å²) in [5.41, 5.74) is 1.84. The van der Waals surface area contributed by atoms with E-state index in [-0.39, 0.29) is 6.61 Å². The Labute approximate surface area is 138 Å². The molecule has 0 radical (unpaired) electrons. The highest BCUT2D eigenvalue weighted by Crippen LogP contribution is 2.06. The number of carbonyl (C=O) groups is 1. The topological polar surface area (TPSA) is 51.2 Å². The molecule has 0 fully saturated rings. The summed E-state index contributed by atoms with van der Waals surface area (Å²) in [6.07, 6.45) is 1.81. The molecule has 22 heavy (non-hydrogen) atoms. The molecular weight excluding hydrogens is 344 g/mol. The lowest BCUT2D eigenvalue weighted by atomic mass is 10.2. The molecule has 0 aliphatic carbocycles. The minimum atomic E-state index is -0.433. The van der Waals surface area contributed by atoms with Gasteiger partial charge in [0.1, 0.15) is 11.2 Å². The first-order valence-corrected chi connectivity index (χ1v) is 7.58. The van der Waals surface area contributed by atoms with Crippen LogP contribution in [0, 0.1) is 11.8 Å². The van der Waals surface area contributed by atoms with Gasteiger partial charge in [-0.05, 0) is 33.6 Å². The highest BCUT2D eigenvalue weighted by atomic mass is 79.9. The summed E-state index contributed by atoms with van der Waals surface area (Å²) in [6.45, 7) is 0.719. The lowest BCUT2D eigenvalue weighted by Crippen LogP contribution is -2.24. The van der Waals surface area contributed by atoms with E-state index in [1.165, 1.54) is 0 Å². The summed E-state index contributed by atoms with van der Waals surface area (Å²) in [5.74, 6) is 5.99. The van der Waals surface area contributed by atoms with Crippen molar-refractivity contribution in [1.82, 2.24) is 10.3 Å². The van der Waals surface area contributed by atoms with E-state index in [1.807, 2.05) is 42.5 Å². The van der Waals surface area contributed by atoms with Gasteiger partial charge in [0.05, 0.1) is 0 Å². The van der Waals surface area contributed by atoms with Crippen molar-refractivity contribution < 1.29 is 9.53 Å². The molecular formula is C17H15BrN2O2. The van der Waals surface area contributed by atoms with Crippen molar-refractivity contribution in [2.75, 3.05) is 6.54 Å². The van der Waals surface area contributed by atoms with Gasteiger partial charge in [-0.25, -0.2) is 9.78 Å². The Morgan fingerprint density at radius 2 is 2.09 bits per heavy atom. The summed E-state index contributed by atoms with van der Waals surface area (Å²) >= 11 is 3.29. The Balaban J connectivity index is 1.65. The van der Waals surface area contributed by atoms with Crippen molar-refractivity contribution in [2.24, 2.45) is 0 Å². The number of halogens is 1. The molecule has 0 saturated heterocycles. The largest absolute Gasteiger partial charge is 0.445 e. The zero-order valence-electron chi connectivity index (χ0n) is 11.9. The van der Waals surface area contributed by atoms with Crippen molar-refractivity contribution >= 4 is 22.0 Å². The second-order valence-electron chi connectivity index (χ2n) is 4.41. The molecule has 1 N–H and O–H groups in total. The number of nitrogens with one attached hydrogen (secondary N) is 1. The third-order valence-electron chi connectivity index (χ3n) is 2.69. The molecule has 4 nitrogen and oxygen atoms in total. The van der Waals surface area contributed by atoms with Crippen LogP contribution < -0.4 is 5.32 Å². The van der Waals surface area contributed by atoms with Crippen LogP contribution in [0.2, 0.25) is 0 Å². The standard InChI is InChI=1S/C17H15BrN2O2/c18-16-12-14(9-11-19-16)6-4-5-10-20-17(21)22-13-15-7-2-1-3-8-15/h1-3,7-9,11-12H,5,10,13H2,(H,20,21). The van der Waals surface area contributed by atoms with Crippen molar-refractivity contribution in [3.8, 4) is 11.8 Å². The molecule has 0 aliphatic rings. The summed E-state index contributed by atoms with van der Waals surface area (Å²) in [4.78, 5) is 15.5. The van der Waals surface area contributed by atoms with E-state index in [4.69, 9.17) is 4.74 Å². The van der Waals surface area contributed by atoms with Gasteiger partial charge in [0.2, 0.25) is 0 Å². The summed E-state index contributed by atoms with van der Waals surface area (Å²) in [6, 6.07) is 13.2. The third kappa shape index (κ3) is 5.98. The van der Waals surface area contributed by atoms with Crippen LogP contribution in [0.5, 0.6) is 0 Å². The number of ether oxygens (including phenoxy) is 1. The number of rotatable bonds is 4. The molecule has 2 rings (SSSR count). The fourth-order valence-electron chi connectivity index (χ4n) is 1.65. The normalized spacial score (nSPS) is 9.50. The fourth-order valence-corrected chi connectivity index (χ4v) is 2.01. The Bertz CT molecular complexity index is 678. The lowest BCUT2D eigenvalue weighted by molar-refractivity contribution is 0.140. The second kappa shape index (κ2) is 8.85. The van der Waals surface area contributed by atoms with Crippen LogP contribution in [0.1, 0.15) is 17.5 Å². The maximum absolute atomic E-state index is 11.5. The number of pyridine rings is 1. The Kier molecular flexibility index (Phi) is 6.46. The first kappa shape index (κ1) is 16.1. The van der Waals surface area contributed by atoms with Gasteiger partial charge >= 0.3 is 6.09 Å². The molecule has 0 spiro atoms. The van der Waals surface area contributed by atoms with Gasteiger partial charge in [-0.1, -0.05) is 42.2 Å². The van der Waals surface area contributed by atoms with E-state index in [1.54, 1.807) is 6.20 Å². The first-order valence-electron chi connectivity index (χ1n) is 6.79. The van der Waals surface area contributed by atoms with Crippen molar-refractivity contribution in [1.29, 1.82) is 0 Å². The summed E-state index contributed by atoms with van der Waals surface area (Å²) in [5, 5.41) is 2.67. The lowest BCUT2D eigenvalue weighted by Gasteiger charge is -2.05. The molecule has 1 heterocycles. The average molecular weight is 359 g/mol. The van der Waals surface area contributed by atoms with E-state index in [0.29, 0.717) is 13.0 Å². The number of amides is 1. The molecule has 0 unspecified atom stereocenters. The minimum absolute atomic E-state index is 0.267. The minimum Gasteiger partial charge on any atom is -0.445 e. The predicted octanol–water partition coefficient (Wildman–Crippen LogP) is 3.51. The van der Waals surface area contributed by atoms with Gasteiger partial charge in [-0.15, -0.1) is 0 Å². The smallest absolute Gasteiger partial charge is 0.407 e. The molecule has 112 valence electrons. The number of carbonyl (C=O) groups excluding carboxylic acids is 1. The third-order valence-corrected chi connectivity index (χ3v) is 3.13. The van der Waals surface area contributed by atoms with Gasteiger partial charge < -0.3 is 10.1 Å². The van der Waals surface area contributed by atoms with Gasteiger partial charge in [-0.3, -0.25) is 0 Å². The van der Waals surface area contributed by atoms with Gasteiger partial charge in [-0.2, -0.15) is 0 Å². The van der Waals surface area contributed by atoms with E-state index in [0.717, 1.165) is 15.7 Å². The van der Waals surface area contributed by atoms with Crippen LogP contribution >= 0.6 is 15.9 Å². The van der Waals surface area contributed by atoms with Crippen LogP contribution in [0.4, 0.5) is 4.79 Å². The van der Waals surface area contributed by atoms with Gasteiger partial charge in [0.15, 0.2) is 0 Å². The van der Waals surface area contributed by atoms with Gasteiger partial charge in [0.25, 0.3) is 0 Å². The molecule has 0 aliphatic heterocycles. The summed E-state index contributed by atoms with van der Waals surface area (Å²) < 4.78 is 5.85. The van der Waals surface area contributed by atoms with Crippen LogP contribution in [-0.4, -0.2) is 17.6 Å².